The van der Waals surface area contributed by atoms with Gasteiger partial charge in [0.25, 0.3) is 0 Å². The van der Waals surface area contributed by atoms with Crippen molar-refractivity contribution in [1.29, 1.82) is 0 Å². The molecule has 0 saturated heterocycles. The summed E-state index contributed by atoms with van der Waals surface area (Å²) in [6.07, 6.45) is 1.89. The highest BCUT2D eigenvalue weighted by atomic mass is 16.5. The van der Waals surface area contributed by atoms with Gasteiger partial charge in [0.05, 0.1) is 12.5 Å². The molecule has 82 valence electrons. The largest absolute Gasteiger partial charge is 0.466 e. The maximum absolute atomic E-state index is 11.7. The van der Waals surface area contributed by atoms with E-state index in [-0.39, 0.29) is 22.8 Å². The highest BCUT2D eigenvalue weighted by Gasteiger charge is 2.73. The van der Waals surface area contributed by atoms with Crippen LogP contribution in [0.4, 0.5) is 0 Å². The molecule has 0 aromatic rings. The second kappa shape index (κ2) is 3.54. The second-order valence-corrected chi connectivity index (χ2v) is 4.33. The molecule has 0 spiro atoms. The number of carbonyl (C=O) groups excluding carboxylic acids is 1. The molecule has 3 nitrogen and oxygen atoms in total. The van der Waals surface area contributed by atoms with E-state index in [0.29, 0.717) is 6.61 Å². The lowest BCUT2D eigenvalue weighted by Crippen LogP contribution is -2.27. The van der Waals surface area contributed by atoms with E-state index in [1.54, 1.807) is 0 Å². The van der Waals surface area contributed by atoms with Crippen LogP contribution >= 0.6 is 0 Å². The van der Waals surface area contributed by atoms with Crippen LogP contribution in [0.5, 0.6) is 0 Å². The first-order valence-corrected chi connectivity index (χ1v) is 5.43. The van der Waals surface area contributed by atoms with Crippen LogP contribution in [0.15, 0.2) is 0 Å². The average molecular weight is 199 g/mol. The van der Waals surface area contributed by atoms with E-state index in [1.165, 1.54) is 0 Å². The van der Waals surface area contributed by atoms with Gasteiger partial charge in [-0.3, -0.25) is 4.79 Å². The van der Waals surface area contributed by atoms with Crippen LogP contribution in [0.25, 0.3) is 0 Å². The molecule has 0 amide bonds. The van der Waals surface area contributed by atoms with E-state index < -0.39 is 0 Å². The zero-order valence-corrected chi connectivity index (χ0v) is 9.59. The van der Waals surface area contributed by atoms with Crippen molar-refractivity contribution in [2.75, 3.05) is 6.61 Å². The molecule has 14 heavy (non-hydrogen) atoms. The van der Waals surface area contributed by atoms with Crippen molar-refractivity contribution in [2.45, 2.75) is 46.1 Å². The SMILES string of the molecule is CCOC(=O)C1C(C)(N)C1(CC)CC. The Labute approximate surface area is 86.0 Å². The number of hydrogen-bond donors (Lipinski definition) is 1. The number of esters is 1. The Kier molecular flexibility index (Phi) is 2.91. The fourth-order valence-electron chi connectivity index (χ4n) is 2.91. The normalized spacial score (nSPS) is 33.9. The molecule has 1 fully saturated rings. The van der Waals surface area contributed by atoms with Crippen molar-refractivity contribution in [3.05, 3.63) is 0 Å². The van der Waals surface area contributed by atoms with Crippen LogP contribution in [0.2, 0.25) is 0 Å². The zero-order valence-electron chi connectivity index (χ0n) is 9.59. The predicted molar refractivity (Wildman–Crippen MR) is 55.7 cm³/mol. The summed E-state index contributed by atoms with van der Waals surface area (Å²) in [4.78, 5) is 11.7. The third-order valence-corrected chi connectivity index (χ3v) is 3.93. The van der Waals surface area contributed by atoms with Gasteiger partial charge in [-0.15, -0.1) is 0 Å². The van der Waals surface area contributed by atoms with Crippen LogP contribution in [-0.2, 0) is 9.53 Å². The lowest BCUT2D eigenvalue weighted by molar-refractivity contribution is -0.146. The van der Waals surface area contributed by atoms with Crippen molar-refractivity contribution < 1.29 is 9.53 Å². The summed E-state index contributed by atoms with van der Waals surface area (Å²) in [6.45, 7) is 8.41. The van der Waals surface area contributed by atoms with Crippen LogP contribution < -0.4 is 5.73 Å². The Balaban J connectivity index is 2.78. The van der Waals surface area contributed by atoms with Gasteiger partial charge in [-0.1, -0.05) is 13.8 Å². The Bertz CT molecular complexity index is 231. The summed E-state index contributed by atoms with van der Waals surface area (Å²) in [7, 11) is 0. The fraction of sp³-hybridized carbons (Fsp3) is 0.909. The molecule has 1 aliphatic carbocycles. The number of rotatable bonds is 4. The molecule has 3 heteroatoms. The highest BCUT2D eigenvalue weighted by Crippen LogP contribution is 2.64. The molecule has 1 aliphatic rings. The maximum atomic E-state index is 11.7. The molecule has 2 atom stereocenters. The van der Waals surface area contributed by atoms with Crippen LogP contribution in [0.3, 0.4) is 0 Å². The van der Waals surface area contributed by atoms with Gasteiger partial charge in [0.1, 0.15) is 0 Å². The van der Waals surface area contributed by atoms with E-state index in [4.69, 9.17) is 10.5 Å². The molecule has 0 aromatic heterocycles. The van der Waals surface area contributed by atoms with E-state index in [1.807, 2.05) is 13.8 Å². The van der Waals surface area contributed by atoms with Crippen molar-refractivity contribution in [3.8, 4) is 0 Å². The predicted octanol–water partition coefficient (Wildman–Crippen LogP) is 1.70. The lowest BCUT2D eigenvalue weighted by Gasteiger charge is -2.14. The molecule has 1 saturated carbocycles. The first kappa shape index (κ1) is 11.5. The minimum Gasteiger partial charge on any atom is -0.466 e. The first-order valence-electron chi connectivity index (χ1n) is 5.43. The van der Waals surface area contributed by atoms with Crippen molar-refractivity contribution in [3.63, 3.8) is 0 Å². The van der Waals surface area contributed by atoms with E-state index >= 15 is 0 Å². The summed E-state index contributed by atoms with van der Waals surface area (Å²) < 4.78 is 5.04. The fourth-order valence-corrected chi connectivity index (χ4v) is 2.91. The standard InChI is InChI=1S/C11H21NO2/c1-5-11(6-2)8(10(11,4)12)9(13)14-7-3/h8H,5-7,12H2,1-4H3. The number of hydrogen-bond acceptors (Lipinski definition) is 3. The molecule has 0 bridgehead atoms. The topological polar surface area (TPSA) is 52.3 Å². The van der Waals surface area contributed by atoms with Gasteiger partial charge in [-0.05, 0) is 26.7 Å². The lowest BCUT2D eigenvalue weighted by atomic mass is 9.93. The molecule has 0 aromatic carbocycles. The maximum Gasteiger partial charge on any atom is 0.311 e. The number of carbonyl (C=O) groups is 1. The zero-order chi connectivity index (χ0) is 11.0. The van der Waals surface area contributed by atoms with Crippen molar-refractivity contribution in [1.82, 2.24) is 0 Å². The van der Waals surface area contributed by atoms with E-state index in [9.17, 15) is 4.79 Å². The van der Waals surface area contributed by atoms with Gasteiger partial charge in [0.15, 0.2) is 0 Å². The monoisotopic (exact) mass is 199 g/mol. The molecule has 0 radical (unpaired) electrons. The summed E-state index contributed by atoms with van der Waals surface area (Å²) in [6, 6.07) is 0. The number of nitrogens with two attached hydrogens (primary N) is 1. The summed E-state index contributed by atoms with van der Waals surface area (Å²) in [5, 5.41) is 0. The van der Waals surface area contributed by atoms with Gasteiger partial charge in [0.2, 0.25) is 0 Å². The molecule has 2 unspecified atom stereocenters. The van der Waals surface area contributed by atoms with Crippen LogP contribution in [-0.4, -0.2) is 18.1 Å². The Morgan fingerprint density at radius 3 is 2.14 bits per heavy atom. The van der Waals surface area contributed by atoms with Gasteiger partial charge >= 0.3 is 5.97 Å². The van der Waals surface area contributed by atoms with E-state index in [2.05, 4.69) is 13.8 Å². The van der Waals surface area contributed by atoms with Crippen LogP contribution in [0.1, 0.15) is 40.5 Å². The minimum atomic E-state index is -0.372. The minimum absolute atomic E-state index is 0.0285. The summed E-state index contributed by atoms with van der Waals surface area (Å²) >= 11 is 0. The molecular formula is C11H21NO2. The molecule has 0 aliphatic heterocycles. The molecule has 1 rings (SSSR count). The van der Waals surface area contributed by atoms with Crippen molar-refractivity contribution in [2.24, 2.45) is 17.1 Å². The molecule has 0 heterocycles. The highest BCUT2D eigenvalue weighted by molar-refractivity contribution is 5.80. The van der Waals surface area contributed by atoms with Crippen LogP contribution in [0, 0.1) is 11.3 Å². The van der Waals surface area contributed by atoms with Crippen molar-refractivity contribution >= 4 is 5.97 Å². The smallest absolute Gasteiger partial charge is 0.311 e. The third kappa shape index (κ3) is 1.26. The Morgan fingerprint density at radius 1 is 1.36 bits per heavy atom. The Morgan fingerprint density at radius 2 is 1.86 bits per heavy atom. The quantitative estimate of drug-likeness (QED) is 0.701. The van der Waals surface area contributed by atoms with Gasteiger partial charge < -0.3 is 10.5 Å². The Hall–Kier alpha value is -0.570. The van der Waals surface area contributed by atoms with Gasteiger partial charge in [-0.25, -0.2) is 0 Å². The third-order valence-electron chi connectivity index (χ3n) is 3.93. The van der Waals surface area contributed by atoms with Gasteiger partial charge in [0, 0.05) is 11.0 Å². The average Bonchev–Trinajstić information content (AvgIpc) is 2.63. The first-order chi connectivity index (χ1) is 6.47. The molecular weight excluding hydrogens is 178 g/mol. The second-order valence-electron chi connectivity index (χ2n) is 4.33. The van der Waals surface area contributed by atoms with Gasteiger partial charge in [-0.2, -0.15) is 0 Å². The number of ether oxygens (including phenoxy) is 1. The van der Waals surface area contributed by atoms with E-state index in [0.717, 1.165) is 12.8 Å². The summed E-state index contributed by atoms with van der Waals surface area (Å²) in [5.74, 6) is -0.230. The summed E-state index contributed by atoms with van der Waals surface area (Å²) in [5.41, 5.74) is 5.74. The molecule has 2 N–H and O–H groups in total.